The lowest BCUT2D eigenvalue weighted by molar-refractivity contribution is -0.153. The summed E-state index contributed by atoms with van der Waals surface area (Å²) in [5.74, 6) is 1.69. The molecule has 0 aromatic carbocycles. The van der Waals surface area contributed by atoms with Crippen LogP contribution in [-0.4, -0.2) is 25.3 Å². The fraction of sp³-hybridized carbons (Fsp3) is 0.923. The Kier molecular flexibility index (Phi) is 2.88. The molecule has 3 nitrogen and oxygen atoms in total. The van der Waals surface area contributed by atoms with Crippen molar-refractivity contribution in [3.8, 4) is 0 Å². The van der Waals surface area contributed by atoms with Gasteiger partial charge in [-0.15, -0.1) is 0 Å². The van der Waals surface area contributed by atoms with E-state index in [-0.39, 0.29) is 18.0 Å². The molecule has 4 atom stereocenters. The molecule has 3 rings (SSSR count). The monoisotopic (exact) mass is 224 g/mol. The first-order valence-electron chi connectivity index (χ1n) is 6.61. The molecule has 0 N–H and O–H groups in total. The fourth-order valence-corrected chi connectivity index (χ4v) is 3.59. The number of ether oxygens (including phenoxy) is 2. The Bertz CT molecular complexity index is 270. The van der Waals surface area contributed by atoms with Gasteiger partial charge in [-0.3, -0.25) is 4.79 Å². The maximum absolute atomic E-state index is 11.9. The predicted octanol–water partition coefficient (Wildman–Crippen LogP) is 2.14. The van der Waals surface area contributed by atoms with Crippen molar-refractivity contribution in [3.63, 3.8) is 0 Å². The van der Waals surface area contributed by atoms with Gasteiger partial charge in [0.15, 0.2) is 0 Å². The Morgan fingerprint density at radius 2 is 2.19 bits per heavy atom. The standard InChI is InChI=1S/C13H20O3/c14-13(16-8-11-2-1-5-15-11)12-7-9-3-4-10(12)6-9/h9-12H,1-8H2. The first-order valence-corrected chi connectivity index (χ1v) is 6.61. The Morgan fingerprint density at radius 3 is 2.81 bits per heavy atom. The summed E-state index contributed by atoms with van der Waals surface area (Å²) in [7, 11) is 0. The zero-order valence-corrected chi connectivity index (χ0v) is 9.69. The largest absolute Gasteiger partial charge is 0.463 e. The molecule has 3 fully saturated rings. The predicted molar refractivity (Wildman–Crippen MR) is 58.9 cm³/mol. The van der Waals surface area contributed by atoms with Crippen molar-refractivity contribution >= 4 is 5.97 Å². The molecule has 2 saturated carbocycles. The van der Waals surface area contributed by atoms with Gasteiger partial charge in [0.2, 0.25) is 0 Å². The van der Waals surface area contributed by atoms with Gasteiger partial charge in [-0.1, -0.05) is 6.42 Å². The highest BCUT2D eigenvalue weighted by atomic mass is 16.6. The molecule has 0 spiro atoms. The van der Waals surface area contributed by atoms with E-state index < -0.39 is 0 Å². The molecular weight excluding hydrogens is 204 g/mol. The number of carbonyl (C=O) groups is 1. The molecule has 0 aromatic rings. The number of esters is 1. The van der Waals surface area contributed by atoms with Gasteiger partial charge in [0.05, 0.1) is 12.0 Å². The lowest BCUT2D eigenvalue weighted by Crippen LogP contribution is -2.26. The Balaban J connectivity index is 1.46. The summed E-state index contributed by atoms with van der Waals surface area (Å²) < 4.78 is 10.8. The van der Waals surface area contributed by atoms with E-state index in [2.05, 4.69) is 0 Å². The molecule has 2 bridgehead atoms. The second-order valence-corrected chi connectivity index (χ2v) is 5.55. The number of fused-ring (bicyclic) bond motifs is 2. The van der Waals surface area contributed by atoms with Crippen molar-refractivity contribution in [1.82, 2.24) is 0 Å². The average Bonchev–Trinajstić information content (AvgIpc) is 3.01. The number of rotatable bonds is 3. The molecule has 0 radical (unpaired) electrons. The molecule has 3 aliphatic rings. The third kappa shape index (κ3) is 1.97. The normalized spacial score (nSPS) is 41.5. The third-order valence-corrected chi connectivity index (χ3v) is 4.48. The zero-order chi connectivity index (χ0) is 11.0. The van der Waals surface area contributed by atoms with Crippen LogP contribution in [0.1, 0.15) is 38.5 Å². The minimum Gasteiger partial charge on any atom is -0.463 e. The Morgan fingerprint density at radius 1 is 1.25 bits per heavy atom. The number of hydrogen-bond acceptors (Lipinski definition) is 3. The smallest absolute Gasteiger partial charge is 0.309 e. The van der Waals surface area contributed by atoms with Gasteiger partial charge in [0, 0.05) is 6.61 Å². The van der Waals surface area contributed by atoms with E-state index in [9.17, 15) is 4.79 Å². The molecule has 2 aliphatic carbocycles. The molecule has 4 unspecified atom stereocenters. The highest BCUT2D eigenvalue weighted by Crippen LogP contribution is 2.48. The molecule has 3 heteroatoms. The summed E-state index contributed by atoms with van der Waals surface area (Å²) in [6.07, 6.45) is 7.24. The Hall–Kier alpha value is -0.570. The molecule has 1 aliphatic heterocycles. The highest BCUT2D eigenvalue weighted by Gasteiger charge is 2.44. The second-order valence-electron chi connectivity index (χ2n) is 5.55. The average molecular weight is 224 g/mol. The molecule has 16 heavy (non-hydrogen) atoms. The molecule has 90 valence electrons. The molecule has 1 heterocycles. The minimum atomic E-state index is 0.0442. The van der Waals surface area contributed by atoms with Crippen LogP contribution in [-0.2, 0) is 14.3 Å². The van der Waals surface area contributed by atoms with Crippen LogP contribution in [0.25, 0.3) is 0 Å². The van der Waals surface area contributed by atoms with Crippen LogP contribution in [0, 0.1) is 17.8 Å². The van der Waals surface area contributed by atoms with Gasteiger partial charge in [0.25, 0.3) is 0 Å². The number of hydrogen-bond donors (Lipinski definition) is 0. The van der Waals surface area contributed by atoms with Crippen molar-refractivity contribution in [3.05, 3.63) is 0 Å². The minimum absolute atomic E-state index is 0.0442. The van der Waals surface area contributed by atoms with Crippen LogP contribution < -0.4 is 0 Å². The Labute approximate surface area is 96.5 Å². The maximum Gasteiger partial charge on any atom is 0.309 e. The van der Waals surface area contributed by atoms with Gasteiger partial charge in [-0.25, -0.2) is 0 Å². The van der Waals surface area contributed by atoms with Crippen molar-refractivity contribution in [1.29, 1.82) is 0 Å². The van der Waals surface area contributed by atoms with Crippen LogP contribution in [0.5, 0.6) is 0 Å². The summed E-state index contributed by atoms with van der Waals surface area (Å²) in [6.45, 7) is 1.31. The van der Waals surface area contributed by atoms with Gasteiger partial charge in [-0.2, -0.15) is 0 Å². The molecule has 1 saturated heterocycles. The number of carbonyl (C=O) groups excluding carboxylic acids is 1. The molecule has 0 aromatic heterocycles. The van der Waals surface area contributed by atoms with Crippen LogP contribution in [0.15, 0.2) is 0 Å². The van der Waals surface area contributed by atoms with E-state index in [1.807, 2.05) is 0 Å². The lowest BCUT2D eigenvalue weighted by atomic mass is 9.89. The van der Waals surface area contributed by atoms with Gasteiger partial charge >= 0.3 is 5.97 Å². The van der Waals surface area contributed by atoms with Crippen molar-refractivity contribution < 1.29 is 14.3 Å². The summed E-state index contributed by atoms with van der Waals surface area (Å²) in [6, 6.07) is 0. The summed E-state index contributed by atoms with van der Waals surface area (Å²) in [5.41, 5.74) is 0. The van der Waals surface area contributed by atoms with E-state index >= 15 is 0 Å². The van der Waals surface area contributed by atoms with Crippen LogP contribution in [0.2, 0.25) is 0 Å². The second kappa shape index (κ2) is 4.36. The van der Waals surface area contributed by atoms with Crippen LogP contribution >= 0.6 is 0 Å². The van der Waals surface area contributed by atoms with Gasteiger partial charge in [0.1, 0.15) is 6.61 Å². The quantitative estimate of drug-likeness (QED) is 0.689. The fourth-order valence-electron chi connectivity index (χ4n) is 3.59. The van der Waals surface area contributed by atoms with E-state index in [0.717, 1.165) is 31.8 Å². The third-order valence-electron chi connectivity index (χ3n) is 4.48. The SMILES string of the molecule is O=C(OCC1CCCO1)C1CC2CCC1C2. The highest BCUT2D eigenvalue weighted by molar-refractivity contribution is 5.73. The first kappa shape index (κ1) is 10.6. The zero-order valence-electron chi connectivity index (χ0n) is 9.69. The lowest BCUT2D eigenvalue weighted by Gasteiger charge is -2.20. The van der Waals surface area contributed by atoms with Crippen molar-refractivity contribution in [2.75, 3.05) is 13.2 Å². The summed E-state index contributed by atoms with van der Waals surface area (Å²) in [4.78, 5) is 11.9. The summed E-state index contributed by atoms with van der Waals surface area (Å²) in [5, 5.41) is 0. The van der Waals surface area contributed by atoms with Crippen molar-refractivity contribution in [2.24, 2.45) is 17.8 Å². The van der Waals surface area contributed by atoms with Crippen LogP contribution in [0.4, 0.5) is 0 Å². The maximum atomic E-state index is 11.9. The summed E-state index contributed by atoms with van der Waals surface area (Å²) >= 11 is 0. The van der Waals surface area contributed by atoms with Gasteiger partial charge in [-0.05, 0) is 43.9 Å². The van der Waals surface area contributed by atoms with E-state index in [1.54, 1.807) is 0 Å². The van der Waals surface area contributed by atoms with E-state index in [1.165, 1.54) is 19.3 Å². The van der Waals surface area contributed by atoms with Gasteiger partial charge < -0.3 is 9.47 Å². The first-order chi connectivity index (χ1) is 7.83. The van der Waals surface area contributed by atoms with E-state index in [0.29, 0.717) is 12.5 Å². The van der Waals surface area contributed by atoms with Crippen molar-refractivity contribution in [2.45, 2.75) is 44.6 Å². The van der Waals surface area contributed by atoms with E-state index in [4.69, 9.17) is 9.47 Å². The topological polar surface area (TPSA) is 35.5 Å². The molecular formula is C13H20O3. The van der Waals surface area contributed by atoms with Crippen LogP contribution in [0.3, 0.4) is 0 Å². The molecule has 0 amide bonds.